The molecule has 0 aromatic heterocycles. The van der Waals surface area contributed by atoms with Crippen LogP contribution in [-0.4, -0.2) is 32.6 Å². The van der Waals surface area contributed by atoms with Gasteiger partial charge in [0.25, 0.3) is 0 Å². The van der Waals surface area contributed by atoms with E-state index in [1.54, 1.807) is 44.4 Å². The summed E-state index contributed by atoms with van der Waals surface area (Å²) in [6.07, 6.45) is 1.42. The van der Waals surface area contributed by atoms with Gasteiger partial charge >= 0.3 is 5.97 Å². The van der Waals surface area contributed by atoms with E-state index in [0.717, 1.165) is 16.7 Å². The number of ether oxygens (including phenoxy) is 6. The minimum atomic E-state index is -0.734. The quantitative estimate of drug-likeness (QED) is 0.0423. The van der Waals surface area contributed by atoms with E-state index in [4.69, 9.17) is 28.4 Å². The highest BCUT2D eigenvalue weighted by Gasteiger charge is 2.23. The van der Waals surface area contributed by atoms with Crippen LogP contribution in [0.1, 0.15) is 34.7 Å². The smallest absolute Gasteiger partial charge is 0.341 e. The van der Waals surface area contributed by atoms with Crippen molar-refractivity contribution in [2.24, 2.45) is 0 Å². The highest BCUT2D eigenvalue weighted by atomic mass is 16.5. The highest BCUT2D eigenvalue weighted by molar-refractivity contribution is 6.21. The summed E-state index contributed by atoms with van der Waals surface area (Å²) in [4.78, 5) is 27.0. The highest BCUT2D eigenvalue weighted by Crippen LogP contribution is 2.40. The maximum absolute atomic E-state index is 13.8. The van der Waals surface area contributed by atoms with Crippen molar-refractivity contribution in [3.63, 3.8) is 0 Å². The number of hydrogen-bond acceptors (Lipinski definition) is 8. The SMILES string of the molecule is CCOC(=O)/C(=C/c1cc(OC)c(OCc2ccccc2)c(OCc2ccccc2)c1)C(=O)Cc1ccc(OCc2ccccc2)c(OC)c1. The molecule has 0 atom stereocenters. The van der Waals surface area contributed by atoms with E-state index in [-0.39, 0.29) is 31.8 Å². The molecule has 0 spiro atoms. The molecule has 5 aromatic carbocycles. The normalized spacial score (nSPS) is 11.0. The second-order valence-corrected chi connectivity index (χ2v) is 11.2. The van der Waals surface area contributed by atoms with Gasteiger partial charge in [-0.05, 0) is 65.1 Å². The zero-order valence-electron chi connectivity index (χ0n) is 28.4. The van der Waals surface area contributed by atoms with Gasteiger partial charge in [-0.2, -0.15) is 0 Å². The van der Waals surface area contributed by atoms with Gasteiger partial charge < -0.3 is 28.4 Å². The Hall–Kier alpha value is -6.02. The van der Waals surface area contributed by atoms with Gasteiger partial charge in [-0.3, -0.25) is 4.79 Å². The Morgan fingerprint density at radius 2 is 1.08 bits per heavy atom. The number of carbonyl (C=O) groups is 2. The molecule has 0 bridgehead atoms. The lowest BCUT2D eigenvalue weighted by Crippen LogP contribution is -2.18. The van der Waals surface area contributed by atoms with E-state index < -0.39 is 11.8 Å². The van der Waals surface area contributed by atoms with Crippen molar-refractivity contribution in [1.29, 1.82) is 0 Å². The number of methoxy groups -OCH3 is 2. The molecule has 256 valence electrons. The summed E-state index contributed by atoms with van der Waals surface area (Å²) in [5, 5.41) is 0. The van der Waals surface area contributed by atoms with Gasteiger partial charge in [0.2, 0.25) is 5.75 Å². The topological polar surface area (TPSA) is 89.5 Å². The Balaban J connectivity index is 1.43. The molecule has 0 aliphatic carbocycles. The van der Waals surface area contributed by atoms with Crippen LogP contribution in [0.4, 0.5) is 0 Å². The number of esters is 1. The maximum Gasteiger partial charge on any atom is 0.341 e. The summed E-state index contributed by atoms with van der Waals surface area (Å²) in [5.74, 6) is 1.02. The van der Waals surface area contributed by atoms with Gasteiger partial charge in [-0.25, -0.2) is 4.79 Å². The number of benzene rings is 5. The molecule has 8 nitrogen and oxygen atoms in total. The average molecular weight is 673 g/mol. The van der Waals surface area contributed by atoms with Crippen molar-refractivity contribution >= 4 is 17.8 Å². The molecule has 0 radical (unpaired) electrons. The predicted octanol–water partition coefficient (Wildman–Crippen LogP) is 8.20. The van der Waals surface area contributed by atoms with E-state index in [1.165, 1.54) is 13.2 Å². The minimum Gasteiger partial charge on any atom is -0.493 e. The summed E-state index contributed by atoms with van der Waals surface area (Å²) in [6.45, 7) is 2.69. The summed E-state index contributed by atoms with van der Waals surface area (Å²) in [5.41, 5.74) is 3.95. The summed E-state index contributed by atoms with van der Waals surface area (Å²) < 4.78 is 35.1. The third-order valence-electron chi connectivity index (χ3n) is 7.66. The molecule has 0 saturated heterocycles. The van der Waals surface area contributed by atoms with E-state index in [1.807, 2.05) is 91.0 Å². The van der Waals surface area contributed by atoms with E-state index >= 15 is 0 Å². The molecular formula is C42H40O8. The van der Waals surface area contributed by atoms with Crippen LogP contribution in [0.2, 0.25) is 0 Å². The molecule has 5 aromatic rings. The molecule has 0 unspecified atom stereocenters. The van der Waals surface area contributed by atoms with Crippen molar-refractivity contribution in [3.8, 4) is 28.7 Å². The van der Waals surface area contributed by atoms with Crippen LogP contribution < -0.4 is 23.7 Å². The first-order chi connectivity index (χ1) is 24.5. The van der Waals surface area contributed by atoms with Crippen molar-refractivity contribution in [2.45, 2.75) is 33.2 Å². The maximum atomic E-state index is 13.8. The lowest BCUT2D eigenvalue weighted by Gasteiger charge is -2.17. The van der Waals surface area contributed by atoms with Crippen molar-refractivity contribution < 1.29 is 38.0 Å². The zero-order valence-corrected chi connectivity index (χ0v) is 28.4. The molecule has 8 heteroatoms. The van der Waals surface area contributed by atoms with Gasteiger partial charge in [0.05, 0.1) is 20.8 Å². The van der Waals surface area contributed by atoms with Crippen LogP contribution in [0, 0.1) is 0 Å². The van der Waals surface area contributed by atoms with E-state index in [0.29, 0.717) is 46.5 Å². The first-order valence-corrected chi connectivity index (χ1v) is 16.3. The van der Waals surface area contributed by atoms with Crippen molar-refractivity contribution in [3.05, 3.63) is 155 Å². The fourth-order valence-electron chi connectivity index (χ4n) is 5.13. The molecule has 0 aliphatic rings. The van der Waals surface area contributed by atoms with Gasteiger partial charge in [-0.15, -0.1) is 0 Å². The second-order valence-electron chi connectivity index (χ2n) is 11.2. The van der Waals surface area contributed by atoms with E-state index in [2.05, 4.69) is 0 Å². The fraction of sp³-hybridized carbons (Fsp3) is 0.190. The first-order valence-electron chi connectivity index (χ1n) is 16.3. The standard InChI is InChI=1S/C42H40O8/c1-4-47-42(44)35(36(43)23-33-20-21-37(38(24-33)45-2)48-27-30-14-8-5-9-15-30)22-34-25-39(46-3)41(50-29-32-18-12-7-13-19-32)40(26-34)49-28-31-16-10-6-11-17-31/h5-22,24-26H,4,23,27-29H2,1-3H3/b35-22+. The Bertz CT molecular complexity index is 1890. The van der Waals surface area contributed by atoms with Crippen molar-refractivity contribution in [1.82, 2.24) is 0 Å². The monoisotopic (exact) mass is 672 g/mol. The van der Waals surface area contributed by atoms with Crippen LogP contribution in [0.15, 0.2) is 127 Å². The van der Waals surface area contributed by atoms with Gasteiger partial charge in [-0.1, -0.05) is 97.1 Å². The van der Waals surface area contributed by atoms with Crippen LogP contribution in [-0.2, 0) is 40.6 Å². The fourth-order valence-corrected chi connectivity index (χ4v) is 5.13. The molecule has 0 amide bonds. The number of Topliss-reactive ketones (excluding diaryl/α,β-unsaturated/α-hetero) is 1. The predicted molar refractivity (Wildman–Crippen MR) is 192 cm³/mol. The third kappa shape index (κ3) is 9.76. The molecular weight excluding hydrogens is 632 g/mol. The Labute approximate surface area is 292 Å². The lowest BCUT2D eigenvalue weighted by molar-refractivity contribution is -0.139. The zero-order chi connectivity index (χ0) is 35.1. The minimum absolute atomic E-state index is 0.0766. The van der Waals surface area contributed by atoms with Crippen LogP contribution in [0.3, 0.4) is 0 Å². The Morgan fingerprint density at radius 1 is 0.560 bits per heavy atom. The number of ketones is 1. The Kier molecular flexibility index (Phi) is 12.7. The summed E-state index contributed by atoms with van der Waals surface area (Å²) >= 11 is 0. The van der Waals surface area contributed by atoms with Gasteiger partial charge in [0.15, 0.2) is 28.8 Å². The molecule has 0 fully saturated rings. The summed E-state index contributed by atoms with van der Waals surface area (Å²) in [6, 6.07) is 37.9. The molecule has 0 N–H and O–H groups in total. The van der Waals surface area contributed by atoms with Crippen LogP contribution in [0.5, 0.6) is 28.7 Å². The molecule has 0 heterocycles. The molecule has 50 heavy (non-hydrogen) atoms. The van der Waals surface area contributed by atoms with Gasteiger partial charge in [0, 0.05) is 6.42 Å². The number of rotatable bonds is 17. The average Bonchev–Trinajstić information content (AvgIpc) is 3.16. The first kappa shape index (κ1) is 35.3. The summed E-state index contributed by atoms with van der Waals surface area (Å²) in [7, 11) is 3.07. The number of hydrogen-bond donors (Lipinski definition) is 0. The van der Waals surface area contributed by atoms with Gasteiger partial charge in [0.1, 0.15) is 25.4 Å². The molecule has 0 aliphatic heterocycles. The largest absolute Gasteiger partial charge is 0.493 e. The second kappa shape index (κ2) is 17.9. The van der Waals surface area contributed by atoms with Crippen LogP contribution >= 0.6 is 0 Å². The number of carbonyl (C=O) groups excluding carboxylic acids is 2. The Morgan fingerprint density at radius 3 is 1.62 bits per heavy atom. The van der Waals surface area contributed by atoms with E-state index in [9.17, 15) is 9.59 Å². The molecule has 5 rings (SSSR count). The lowest BCUT2D eigenvalue weighted by atomic mass is 10.00. The third-order valence-corrected chi connectivity index (χ3v) is 7.66. The molecule has 0 saturated carbocycles. The van der Waals surface area contributed by atoms with Crippen LogP contribution in [0.25, 0.3) is 6.08 Å². The van der Waals surface area contributed by atoms with Crippen molar-refractivity contribution in [2.75, 3.05) is 20.8 Å².